The van der Waals surface area contributed by atoms with E-state index in [0.717, 1.165) is 0 Å². The first kappa shape index (κ1) is 26.3. The lowest BCUT2D eigenvalue weighted by Gasteiger charge is -2.50. The number of aliphatic hydroxyl groups excluding tert-OH is 2. The number of phenolic OH excluding ortho intramolecular Hbond substituents is 1. The second-order valence-electron chi connectivity index (χ2n) is 10.2. The van der Waals surface area contributed by atoms with Crippen LogP contribution < -0.4 is 11.1 Å². The number of hydrogen-bond acceptors (Lipinski definition) is 10. The molecule has 0 spiro atoms. The van der Waals surface area contributed by atoms with Crippen LogP contribution in [0.2, 0.25) is 0 Å². The van der Waals surface area contributed by atoms with Gasteiger partial charge in [0.15, 0.2) is 11.4 Å². The second-order valence-corrected chi connectivity index (χ2v) is 10.2. The number of hydrogen-bond donors (Lipinski definition) is 6. The van der Waals surface area contributed by atoms with Crippen LogP contribution in [0.5, 0.6) is 5.75 Å². The Bertz CT molecular complexity index is 1300. The van der Waals surface area contributed by atoms with Gasteiger partial charge < -0.3 is 36.4 Å². The van der Waals surface area contributed by atoms with Crippen molar-refractivity contribution in [2.45, 2.75) is 24.5 Å². The van der Waals surface area contributed by atoms with Crippen molar-refractivity contribution in [2.24, 2.45) is 17.6 Å². The molecule has 1 aromatic carbocycles. The van der Waals surface area contributed by atoms with Crippen molar-refractivity contribution in [2.75, 3.05) is 40.1 Å². The molecule has 12 heteroatoms. The first-order chi connectivity index (χ1) is 17.2. The summed E-state index contributed by atoms with van der Waals surface area (Å²) in [5.74, 6) is -7.54. The molecule has 3 aliphatic rings. The maximum Gasteiger partial charge on any atom is 0.255 e. The van der Waals surface area contributed by atoms with Gasteiger partial charge in [-0.25, -0.2) is 0 Å². The van der Waals surface area contributed by atoms with Gasteiger partial charge in [0.25, 0.3) is 5.91 Å². The molecule has 0 bridgehead atoms. The molecule has 1 saturated carbocycles. The van der Waals surface area contributed by atoms with Gasteiger partial charge in [0.1, 0.15) is 22.8 Å². The first-order valence-corrected chi connectivity index (χ1v) is 11.7. The van der Waals surface area contributed by atoms with E-state index in [1.807, 2.05) is 0 Å². The molecule has 37 heavy (non-hydrogen) atoms. The minimum Gasteiger partial charge on any atom is -0.508 e. The molecule has 12 nitrogen and oxygen atoms in total. The molecule has 3 aliphatic carbocycles. The SMILES string of the molecule is CN(C)CC(=O)Nc1ccc(O)c2c1C[C@@H]1C[C@H]3[C@@H](N(C)C)C(=O)C(C(N)=O)=C(O)[C@]3(O)C(=O)C1=C2O. The lowest BCUT2D eigenvalue weighted by atomic mass is 9.57. The van der Waals surface area contributed by atoms with E-state index in [4.69, 9.17) is 5.73 Å². The minimum absolute atomic E-state index is 0.0352. The summed E-state index contributed by atoms with van der Waals surface area (Å²) >= 11 is 0. The summed E-state index contributed by atoms with van der Waals surface area (Å²) < 4.78 is 0. The Morgan fingerprint density at radius 3 is 2.35 bits per heavy atom. The van der Waals surface area contributed by atoms with Crippen LogP contribution in [0.3, 0.4) is 0 Å². The van der Waals surface area contributed by atoms with Crippen LogP contribution in [0.25, 0.3) is 5.76 Å². The van der Waals surface area contributed by atoms with Gasteiger partial charge in [-0.15, -0.1) is 0 Å². The van der Waals surface area contributed by atoms with Gasteiger partial charge in [-0.3, -0.25) is 24.1 Å². The number of carbonyl (C=O) groups excluding carboxylic acids is 4. The van der Waals surface area contributed by atoms with Crippen molar-refractivity contribution in [3.05, 3.63) is 40.2 Å². The Kier molecular flexibility index (Phi) is 6.39. The number of Topliss-reactive ketones (excluding diaryl/α,β-unsaturated/α-hetero) is 2. The highest BCUT2D eigenvalue weighted by atomic mass is 16.3. The highest BCUT2D eigenvalue weighted by Crippen LogP contribution is 2.53. The molecule has 198 valence electrons. The predicted molar refractivity (Wildman–Crippen MR) is 131 cm³/mol. The van der Waals surface area contributed by atoms with Crippen LogP contribution in [-0.4, -0.2) is 100.0 Å². The summed E-state index contributed by atoms with van der Waals surface area (Å²) in [5.41, 5.74) is 2.14. The Balaban J connectivity index is 1.89. The molecule has 0 heterocycles. The van der Waals surface area contributed by atoms with Gasteiger partial charge in [-0.05, 0) is 64.6 Å². The fraction of sp³-hybridized carbons (Fsp3) is 0.440. The lowest BCUT2D eigenvalue weighted by molar-refractivity contribution is -0.153. The summed E-state index contributed by atoms with van der Waals surface area (Å²) in [4.78, 5) is 54.5. The molecule has 4 atom stereocenters. The third kappa shape index (κ3) is 3.88. The number of aliphatic hydroxyl groups is 3. The van der Waals surface area contributed by atoms with Crippen molar-refractivity contribution in [3.8, 4) is 5.75 Å². The topological polar surface area (TPSA) is 194 Å². The van der Waals surface area contributed by atoms with Crippen molar-refractivity contribution in [1.82, 2.24) is 9.80 Å². The average Bonchev–Trinajstić information content (AvgIpc) is 2.77. The number of nitrogens with zero attached hydrogens (tertiary/aromatic N) is 2. The zero-order valence-corrected chi connectivity index (χ0v) is 20.9. The van der Waals surface area contributed by atoms with Crippen LogP contribution in [0.1, 0.15) is 17.5 Å². The first-order valence-electron chi connectivity index (χ1n) is 11.7. The highest BCUT2D eigenvalue weighted by Gasteiger charge is 2.64. The van der Waals surface area contributed by atoms with E-state index in [1.54, 1.807) is 19.0 Å². The van der Waals surface area contributed by atoms with Crippen molar-refractivity contribution in [3.63, 3.8) is 0 Å². The van der Waals surface area contributed by atoms with Crippen LogP contribution in [0.4, 0.5) is 5.69 Å². The monoisotopic (exact) mass is 514 g/mol. The molecule has 7 N–H and O–H groups in total. The summed E-state index contributed by atoms with van der Waals surface area (Å²) in [6.45, 7) is 0.0835. The molecule has 0 aromatic heterocycles. The van der Waals surface area contributed by atoms with Gasteiger partial charge in [0.05, 0.1) is 18.2 Å². The number of anilines is 1. The standard InChI is InChI=1S/C25H30N4O8/c1-28(2)9-15(31)27-13-5-6-14(30)17-11(13)7-10-8-12-19(29(3)4)21(33)18(24(26)36)23(35)25(12,37)22(34)16(10)20(17)32/h5-6,10,12,19,30,32,35,37H,7-9H2,1-4H3,(H2,26,36)(H,27,31)/t10-,12+,19-,25-/m1/s1. The number of benzene rings is 1. The van der Waals surface area contributed by atoms with Crippen molar-refractivity contribution >= 4 is 34.8 Å². The average molecular weight is 515 g/mol. The number of phenols is 1. The maximum absolute atomic E-state index is 13.8. The molecular formula is C25H30N4O8. The zero-order valence-electron chi connectivity index (χ0n) is 20.9. The number of carbonyl (C=O) groups is 4. The molecule has 0 radical (unpaired) electrons. The number of ketones is 2. The molecule has 4 rings (SSSR count). The van der Waals surface area contributed by atoms with Gasteiger partial charge in [0.2, 0.25) is 11.7 Å². The number of aromatic hydroxyl groups is 1. The van der Waals surface area contributed by atoms with E-state index in [-0.39, 0.29) is 42.2 Å². The van der Waals surface area contributed by atoms with E-state index in [0.29, 0.717) is 11.3 Å². The summed E-state index contributed by atoms with van der Waals surface area (Å²) in [6.07, 6.45) is 0.0486. The number of amides is 2. The van der Waals surface area contributed by atoms with Crippen LogP contribution in [0, 0.1) is 11.8 Å². The number of likely N-dealkylation sites (N-methyl/N-ethyl adjacent to an activating group) is 2. The van der Waals surface area contributed by atoms with Gasteiger partial charge in [0, 0.05) is 17.2 Å². The van der Waals surface area contributed by atoms with Crippen molar-refractivity contribution < 1.29 is 39.6 Å². The molecule has 1 fully saturated rings. The minimum atomic E-state index is -2.70. The fourth-order valence-electron chi connectivity index (χ4n) is 5.84. The van der Waals surface area contributed by atoms with E-state index in [2.05, 4.69) is 5.32 Å². The third-order valence-corrected chi connectivity index (χ3v) is 7.34. The normalized spacial score (nSPS) is 27.3. The molecule has 1 aromatic rings. The summed E-state index contributed by atoms with van der Waals surface area (Å²) in [7, 11) is 6.51. The maximum atomic E-state index is 13.8. The Morgan fingerprint density at radius 1 is 1.14 bits per heavy atom. The molecule has 0 aliphatic heterocycles. The van der Waals surface area contributed by atoms with E-state index in [1.165, 1.54) is 31.1 Å². The Hall–Kier alpha value is -3.74. The van der Waals surface area contributed by atoms with E-state index in [9.17, 15) is 39.6 Å². The van der Waals surface area contributed by atoms with Crippen LogP contribution >= 0.6 is 0 Å². The molecule has 0 saturated heterocycles. The van der Waals surface area contributed by atoms with Crippen molar-refractivity contribution in [1.29, 1.82) is 0 Å². The number of primary amides is 1. The highest BCUT2D eigenvalue weighted by molar-refractivity contribution is 6.24. The summed E-state index contributed by atoms with van der Waals surface area (Å²) in [5, 5.41) is 47.0. The molecule has 2 amide bonds. The van der Waals surface area contributed by atoms with Gasteiger partial charge >= 0.3 is 0 Å². The molecule has 0 unspecified atom stereocenters. The lowest BCUT2D eigenvalue weighted by Crippen LogP contribution is -2.65. The summed E-state index contributed by atoms with van der Waals surface area (Å²) in [6, 6.07) is 1.58. The number of fused-ring (bicyclic) bond motifs is 3. The zero-order chi connectivity index (χ0) is 27.6. The number of nitrogens with one attached hydrogen (secondary N) is 1. The Morgan fingerprint density at radius 2 is 1.78 bits per heavy atom. The number of rotatable bonds is 5. The van der Waals surface area contributed by atoms with Crippen LogP contribution in [-0.2, 0) is 25.6 Å². The number of nitrogens with two attached hydrogens (primary N) is 1. The second kappa shape index (κ2) is 8.98. The van der Waals surface area contributed by atoms with E-state index >= 15 is 0 Å². The van der Waals surface area contributed by atoms with E-state index < -0.39 is 58.0 Å². The predicted octanol–water partition coefficient (Wildman–Crippen LogP) is -0.536. The third-order valence-electron chi connectivity index (χ3n) is 7.34. The van der Waals surface area contributed by atoms with Crippen LogP contribution in [0.15, 0.2) is 29.0 Å². The van der Waals surface area contributed by atoms with Gasteiger partial charge in [-0.1, -0.05) is 0 Å². The molecular weight excluding hydrogens is 484 g/mol. The fourth-order valence-corrected chi connectivity index (χ4v) is 5.84. The quantitative estimate of drug-likeness (QED) is 0.220. The smallest absolute Gasteiger partial charge is 0.255 e. The largest absolute Gasteiger partial charge is 0.508 e. The van der Waals surface area contributed by atoms with Gasteiger partial charge in [-0.2, -0.15) is 0 Å². The Labute approximate surface area is 212 Å².